The van der Waals surface area contributed by atoms with Gasteiger partial charge in [-0.05, 0) is 35.4 Å². The van der Waals surface area contributed by atoms with E-state index < -0.39 is 18.1 Å². The number of alkyl halides is 3. The fraction of sp³-hybridized carbons (Fsp3) is 0.0714. The molecule has 0 fully saturated rings. The molecule has 0 spiro atoms. The van der Waals surface area contributed by atoms with Crippen LogP contribution in [0, 0.1) is 5.82 Å². The third-order valence-corrected chi connectivity index (χ3v) is 2.65. The predicted octanol–water partition coefficient (Wildman–Crippen LogP) is 3.49. The van der Waals surface area contributed by atoms with E-state index in [9.17, 15) is 22.4 Å². The molecule has 2 rings (SSSR count). The Labute approximate surface area is 116 Å². The number of carbonyl (C=O) groups is 1. The molecule has 2 aromatic carbocycles. The zero-order valence-electron chi connectivity index (χ0n) is 10.4. The Hall–Kier alpha value is -2.57. The lowest BCUT2D eigenvalue weighted by Crippen LogP contribution is -2.16. The number of ether oxygens (including phenoxy) is 1. The number of carbonyl (C=O) groups excluding carboxylic acids is 1. The minimum Gasteiger partial charge on any atom is -0.406 e. The van der Waals surface area contributed by atoms with Gasteiger partial charge in [0.05, 0.1) is 5.56 Å². The molecule has 1 amide bonds. The second-order valence-corrected chi connectivity index (χ2v) is 4.13. The maximum absolute atomic E-state index is 13.3. The molecular formula is C14H9F4NO2. The van der Waals surface area contributed by atoms with Crippen molar-refractivity contribution in [2.75, 3.05) is 0 Å². The average molecular weight is 299 g/mol. The van der Waals surface area contributed by atoms with Gasteiger partial charge < -0.3 is 10.5 Å². The molecule has 21 heavy (non-hydrogen) atoms. The highest BCUT2D eigenvalue weighted by atomic mass is 19.4. The summed E-state index contributed by atoms with van der Waals surface area (Å²) in [6.45, 7) is 0. The number of benzene rings is 2. The molecule has 0 unspecified atom stereocenters. The molecular weight excluding hydrogens is 290 g/mol. The first-order valence-corrected chi connectivity index (χ1v) is 5.72. The van der Waals surface area contributed by atoms with Crippen LogP contribution >= 0.6 is 0 Å². The van der Waals surface area contributed by atoms with Gasteiger partial charge in [0.2, 0.25) is 0 Å². The van der Waals surface area contributed by atoms with Crippen molar-refractivity contribution in [3.05, 3.63) is 53.8 Å². The summed E-state index contributed by atoms with van der Waals surface area (Å²) < 4.78 is 53.2. The fourth-order valence-electron chi connectivity index (χ4n) is 1.74. The zero-order chi connectivity index (χ0) is 15.6. The monoisotopic (exact) mass is 299 g/mol. The average Bonchev–Trinajstić information content (AvgIpc) is 2.38. The molecule has 0 saturated carbocycles. The second kappa shape index (κ2) is 5.43. The molecule has 110 valence electrons. The van der Waals surface area contributed by atoms with E-state index in [0.717, 1.165) is 18.2 Å². The summed E-state index contributed by atoms with van der Waals surface area (Å²) in [6, 6.07) is 8.65. The first-order chi connectivity index (χ1) is 9.76. The topological polar surface area (TPSA) is 52.3 Å². The van der Waals surface area contributed by atoms with Crippen LogP contribution in [-0.2, 0) is 0 Å². The smallest absolute Gasteiger partial charge is 0.406 e. The Bertz CT molecular complexity index is 666. The van der Waals surface area contributed by atoms with E-state index in [1.165, 1.54) is 24.3 Å². The largest absolute Gasteiger partial charge is 0.573 e. The van der Waals surface area contributed by atoms with Gasteiger partial charge in [0.1, 0.15) is 11.6 Å². The van der Waals surface area contributed by atoms with Crippen LogP contribution in [0.15, 0.2) is 42.5 Å². The molecule has 0 aliphatic rings. The van der Waals surface area contributed by atoms with Crippen LogP contribution in [0.4, 0.5) is 17.6 Å². The highest BCUT2D eigenvalue weighted by Crippen LogP contribution is 2.27. The van der Waals surface area contributed by atoms with E-state index in [2.05, 4.69) is 4.74 Å². The number of nitrogens with two attached hydrogens (primary N) is 1. The van der Waals surface area contributed by atoms with Gasteiger partial charge in [0.25, 0.3) is 5.91 Å². The number of rotatable bonds is 3. The van der Waals surface area contributed by atoms with Gasteiger partial charge in [-0.2, -0.15) is 0 Å². The molecule has 0 saturated heterocycles. The number of hydrogen-bond donors (Lipinski definition) is 1. The van der Waals surface area contributed by atoms with E-state index in [1.54, 1.807) is 0 Å². The number of amides is 1. The Morgan fingerprint density at radius 2 is 1.57 bits per heavy atom. The van der Waals surface area contributed by atoms with E-state index in [1.807, 2.05) is 0 Å². The van der Waals surface area contributed by atoms with Crippen molar-refractivity contribution in [3.63, 3.8) is 0 Å². The first kappa shape index (κ1) is 14.8. The summed E-state index contributed by atoms with van der Waals surface area (Å²) in [6.07, 6.45) is -4.77. The van der Waals surface area contributed by atoms with Crippen LogP contribution in [-0.4, -0.2) is 12.3 Å². The van der Waals surface area contributed by atoms with Crippen molar-refractivity contribution in [1.29, 1.82) is 0 Å². The van der Waals surface area contributed by atoms with E-state index >= 15 is 0 Å². The van der Waals surface area contributed by atoms with E-state index in [0.29, 0.717) is 11.1 Å². The van der Waals surface area contributed by atoms with E-state index in [4.69, 9.17) is 5.73 Å². The summed E-state index contributed by atoms with van der Waals surface area (Å²) in [5.74, 6) is -2.06. The highest BCUT2D eigenvalue weighted by Gasteiger charge is 2.30. The highest BCUT2D eigenvalue weighted by molar-refractivity contribution is 5.94. The summed E-state index contributed by atoms with van der Waals surface area (Å²) >= 11 is 0. The van der Waals surface area contributed by atoms with Crippen molar-refractivity contribution < 1.29 is 27.1 Å². The van der Waals surface area contributed by atoms with Gasteiger partial charge in [0.15, 0.2) is 0 Å². The molecule has 0 aromatic heterocycles. The van der Waals surface area contributed by atoms with Gasteiger partial charge >= 0.3 is 6.36 Å². The molecule has 3 nitrogen and oxygen atoms in total. The van der Waals surface area contributed by atoms with Crippen LogP contribution in [0.3, 0.4) is 0 Å². The van der Waals surface area contributed by atoms with Crippen LogP contribution in [0.1, 0.15) is 10.4 Å². The molecule has 2 N–H and O–H groups in total. The molecule has 0 heterocycles. The standard InChI is InChI=1S/C14H9F4NO2/c15-12-6-3-9(7-11(12)13(19)20)8-1-4-10(5-2-8)21-14(16,17)18/h1-7H,(H2,19,20). The third-order valence-electron chi connectivity index (χ3n) is 2.65. The summed E-state index contributed by atoms with van der Waals surface area (Å²) in [5.41, 5.74) is 5.68. The number of primary amides is 1. The number of halogens is 4. The van der Waals surface area contributed by atoms with Gasteiger partial charge in [-0.15, -0.1) is 13.2 Å². The Balaban J connectivity index is 2.31. The Kier molecular flexibility index (Phi) is 3.84. The molecule has 0 bridgehead atoms. The van der Waals surface area contributed by atoms with Gasteiger partial charge in [-0.3, -0.25) is 4.79 Å². The van der Waals surface area contributed by atoms with Crippen LogP contribution < -0.4 is 10.5 Å². The lowest BCUT2D eigenvalue weighted by molar-refractivity contribution is -0.274. The summed E-state index contributed by atoms with van der Waals surface area (Å²) in [5, 5.41) is 0. The number of hydrogen-bond acceptors (Lipinski definition) is 2. The Morgan fingerprint density at radius 3 is 2.10 bits per heavy atom. The van der Waals surface area contributed by atoms with Gasteiger partial charge in [-0.25, -0.2) is 4.39 Å². The lowest BCUT2D eigenvalue weighted by atomic mass is 10.0. The molecule has 0 aliphatic heterocycles. The quantitative estimate of drug-likeness (QED) is 0.882. The SMILES string of the molecule is NC(=O)c1cc(-c2ccc(OC(F)(F)F)cc2)ccc1F. The van der Waals surface area contributed by atoms with Crippen LogP contribution in [0.2, 0.25) is 0 Å². The van der Waals surface area contributed by atoms with Gasteiger partial charge in [-0.1, -0.05) is 18.2 Å². The molecule has 0 radical (unpaired) electrons. The molecule has 2 aromatic rings. The lowest BCUT2D eigenvalue weighted by Gasteiger charge is -2.10. The van der Waals surface area contributed by atoms with Gasteiger partial charge in [0, 0.05) is 0 Å². The summed E-state index contributed by atoms with van der Waals surface area (Å²) in [4.78, 5) is 11.1. The minimum absolute atomic E-state index is 0.289. The van der Waals surface area contributed by atoms with E-state index in [-0.39, 0.29) is 11.3 Å². The van der Waals surface area contributed by atoms with Crippen molar-refractivity contribution in [1.82, 2.24) is 0 Å². The molecule has 7 heteroatoms. The first-order valence-electron chi connectivity index (χ1n) is 5.72. The molecule has 0 atom stereocenters. The van der Waals surface area contributed by atoms with Crippen LogP contribution in [0.25, 0.3) is 11.1 Å². The zero-order valence-corrected chi connectivity index (χ0v) is 10.4. The second-order valence-electron chi connectivity index (χ2n) is 4.13. The maximum atomic E-state index is 13.3. The van der Waals surface area contributed by atoms with Crippen molar-refractivity contribution in [2.45, 2.75) is 6.36 Å². The maximum Gasteiger partial charge on any atom is 0.573 e. The predicted molar refractivity (Wildman–Crippen MR) is 67.0 cm³/mol. The molecule has 0 aliphatic carbocycles. The van der Waals surface area contributed by atoms with Crippen molar-refractivity contribution in [3.8, 4) is 16.9 Å². The fourth-order valence-corrected chi connectivity index (χ4v) is 1.74. The Morgan fingerprint density at radius 1 is 1.00 bits per heavy atom. The van der Waals surface area contributed by atoms with Crippen molar-refractivity contribution in [2.24, 2.45) is 5.73 Å². The van der Waals surface area contributed by atoms with Crippen molar-refractivity contribution >= 4 is 5.91 Å². The summed E-state index contributed by atoms with van der Waals surface area (Å²) in [7, 11) is 0. The normalized spacial score (nSPS) is 11.2. The van der Waals surface area contributed by atoms with Crippen LogP contribution in [0.5, 0.6) is 5.75 Å². The third kappa shape index (κ3) is 3.71. The minimum atomic E-state index is -4.77.